The molecule has 0 radical (unpaired) electrons. The number of halogens is 1. The highest BCUT2D eigenvalue weighted by Gasteiger charge is 2.30. The minimum absolute atomic E-state index is 0.443. The summed E-state index contributed by atoms with van der Waals surface area (Å²) < 4.78 is 40.7. The number of rotatable bonds is 8. The van der Waals surface area contributed by atoms with E-state index in [1.54, 1.807) is 30.3 Å². The van der Waals surface area contributed by atoms with Gasteiger partial charge in [-0.25, -0.2) is 4.39 Å². The molecule has 5 nitrogen and oxygen atoms in total. The first-order chi connectivity index (χ1) is 9.95. The fourth-order valence-electron chi connectivity index (χ4n) is 1.82. The molecule has 0 bridgehead atoms. The van der Waals surface area contributed by atoms with E-state index in [0.29, 0.717) is 5.56 Å². The van der Waals surface area contributed by atoms with Crippen molar-refractivity contribution in [2.24, 2.45) is 0 Å². The molecule has 0 aromatic heterocycles. The van der Waals surface area contributed by atoms with Crippen molar-refractivity contribution in [3.8, 4) is 0 Å². The number of hydrogen-bond donors (Lipinski definition) is 1. The van der Waals surface area contributed by atoms with Gasteiger partial charge in [-0.2, -0.15) is 0 Å². The van der Waals surface area contributed by atoms with Crippen molar-refractivity contribution in [3.05, 3.63) is 47.8 Å². The zero-order chi connectivity index (χ0) is 15.9. The Balaban J connectivity index is 2.92. The van der Waals surface area contributed by atoms with Crippen molar-refractivity contribution >= 4 is 7.60 Å². The van der Waals surface area contributed by atoms with Crippen LogP contribution in [-0.2, 0) is 18.6 Å². The molecule has 0 aliphatic rings. The van der Waals surface area contributed by atoms with Crippen LogP contribution in [0, 0.1) is 0 Å². The molecule has 0 heterocycles. The van der Waals surface area contributed by atoms with Gasteiger partial charge in [0, 0.05) is 27.1 Å². The van der Waals surface area contributed by atoms with Gasteiger partial charge in [-0.1, -0.05) is 30.3 Å². The van der Waals surface area contributed by atoms with Gasteiger partial charge in [0.25, 0.3) is 0 Å². The maximum absolute atomic E-state index is 14.5. The molecule has 0 spiro atoms. The van der Waals surface area contributed by atoms with E-state index in [1.165, 1.54) is 20.3 Å². The van der Waals surface area contributed by atoms with E-state index in [0.717, 1.165) is 12.9 Å². The summed E-state index contributed by atoms with van der Waals surface area (Å²) >= 11 is 0. The predicted octanol–water partition coefficient (Wildman–Crippen LogP) is 3.07. The highest BCUT2D eigenvalue weighted by Crippen LogP contribution is 2.42. The summed E-state index contributed by atoms with van der Waals surface area (Å²) in [5.74, 6) is 0.963. The highest BCUT2D eigenvalue weighted by molar-refractivity contribution is 7.56. The van der Waals surface area contributed by atoms with Crippen molar-refractivity contribution in [2.75, 3.05) is 21.3 Å². The largest absolute Gasteiger partial charge is 0.375 e. The molecule has 1 rings (SSSR count). The molecular formula is C14H20FO5P. The lowest BCUT2D eigenvalue weighted by atomic mass is 10.0. The van der Waals surface area contributed by atoms with Crippen molar-refractivity contribution < 1.29 is 27.8 Å². The Bertz CT molecular complexity index is 493. The normalized spacial score (nSPS) is 19.1. The first-order valence-corrected chi connectivity index (χ1v) is 7.92. The minimum Gasteiger partial charge on any atom is -0.375 e. The molecule has 0 saturated heterocycles. The lowest BCUT2D eigenvalue weighted by Gasteiger charge is -2.25. The van der Waals surface area contributed by atoms with E-state index in [4.69, 9.17) is 9.47 Å². The Kier molecular flexibility index (Phi) is 7.22. The standard InChI is InChI=1S/C14H20FO5P/c1-18-12(9-10-21(16,17)20-3)14(19-2)13(15)11-7-5-4-6-8-11/h4-10,12-14H,1-3H3,(H,16,17)/b10-9+/t12-,13+,14-/m1/s1. The third kappa shape index (κ3) is 5.34. The quantitative estimate of drug-likeness (QED) is 0.746. The minimum atomic E-state index is -3.83. The van der Waals surface area contributed by atoms with Crippen LogP contribution in [0.5, 0.6) is 0 Å². The van der Waals surface area contributed by atoms with E-state index in [1.807, 2.05) is 0 Å². The number of alkyl halides is 1. The summed E-state index contributed by atoms with van der Waals surface area (Å²) in [5, 5.41) is 0. The van der Waals surface area contributed by atoms with Crippen molar-refractivity contribution in [2.45, 2.75) is 18.4 Å². The monoisotopic (exact) mass is 318 g/mol. The Morgan fingerprint density at radius 2 is 1.81 bits per heavy atom. The van der Waals surface area contributed by atoms with E-state index in [9.17, 15) is 13.8 Å². The average Bonchev–Trinajstić information content (AvgIpc) is 2.51. The van der Waals surface area contributed by atoms with Crippen LogP contribution in [0.3, 0.4) is 0 Å². The summed E-state index contributed by atoms with van der Waals surface area (Å²) in [6.07, 6.45) is -1.95. The van der Waals surface area contributed by atoms with E-state index >= 15 is 0 Å². The third-order valence-corrected chi connectivity index (χ3v) is 4.07. The molecule has 1 unspecified atom stereocenters. The molecule has 7 heteroatoms. The van der Waals surface area contributed by atoms with Gasteiger partial charge in [-0.3, -0.25) is 4.57 Å². The molecule has 21 heavy (non-hydrogen) atoms. The summed E-state index contributed by atoms with van der Waals surface area (Å²) in [5.41, 5.74) is 0.443. The van der Waals surface area contributed by atoms with Crippen LogP contribution in [0.4, 0.5) is 4.39 Å². The summed E-state index contributed by atoms with van der Waals surface area (Å²) in [6, 6.07) is 8.50. The second-order valence-corrected chi connectivity index (χ2v) is 6.09. The second-order valence-electron chi connectivity index (χ2n) is 4.30. The number of hydrogen-bond acceptors (Lipinski definition) is 4. The van der Waals surface area contributed by atoms with Crippen molar-refractivity contribution in [1.29, 1.82) is 0 Å². The Hall–Kier alpha value is -1.04. The van der Waals surface area contributed by atoms with Crippen LogP contribution < -0.4 is 0 Å². The van der Waals surface area contributed by atoms with Crippen LogP contribution in [-0.4, -0.2) is 38.4 Å². The average molecular weight is 318 g/mol. The molecule has 1 N–H and O–H groups in total. The van der Waals surface area contributed by atoms with Gasteiger partial charge in [0.15, 0.2) is 6.17 Å². The molecule has 0 fully saturated rings. The Labute approximate surface area is 123 Å². The molecule has 0 amide bonds. The SMILES string of the molecule is CO[C@H]([C@@H](/C=C/P(=O)(O)OC)OC)[C@@H](F)c1ccccc1. The number of methoxy groups -OCH3 is 2. The molecule has 0 aliphatic carbocycles. The maximum Gasteiger partial charge on any atom is 0.351 e. The lowest BCUT2D eigenvalue weighted by Crippen LogP contribution is -2.32. The first kappa shape index (κ1) is 18.0. The highest BCUT2D eigenvalue weighted by atomic mass is 31.2. The lowest BCUT2D eigenvalue weighted by molar-refractivity contribution is -0.0534. The van der Waals surface area contributed by atoms with Crippen LogP contribution in [0.15, 0.2) is 42.2 Å². The molecule has 1 aromatic rings. The Morgan fingerprint density at radius 1 is 1.19 bits per heavy atom. The zero-order valence-electron chi connectivity index (χ0n) is 12.2. The van der Waals surface area contributed by atoms with Crippen LogP contribution in [0.2, 0.25) is 0 Å². The fraction of sp³-hybridized carbons (Fsp3) is 0.429. The fourth-order valence-corrected chi connectivity index (χ4v) is 2.33. The van der Waals surface area contributed by atoms with E-state index in [-0.39, 0.29) is 0 Å². The molecule has 4 atom stereocenters. The summed E-state index contributed by atoms with van der Waals surface area (Å²) in [6.45, 7) is 0. The Morgan fingerprint density at radius 3 is 2.29 bits per heavy atom. The van der Waals surface area contributed by atoms with Gasteiger partial charge in [-0.05, 0) is 11.6 Å². The van der Waals surface area contributed by atoms with Crippen LogP contribution in [0.25, 0.3) is 0 Å². The van der Waals surface area contributed by atoms with Crippen LogP contribution >= 0.6 is 7.60 Å². The zero-order valence-corrected chi connectivity index (χ0v) is 13.1. The van der Waals surface area contributed by atoms with Gasteiger partial charge in [0.1, 0.15) is 12.2 Å². The summed E-state index contributed by atoms with van der Waals surface area (Å²) in [4.78, 5) is 9.33. The van der Waals surface area contributed by atoms with Gasteiger partial charge in [0.2, 0.25) is 0 Å². The first-order valence-electron chi connectivity index (χ1n) is 6.27. The van der Waals surface area contributed by atoms with E-state index in [2.05, 4.69) is 4.52 Å². The molecule has 0 aliphatic heterocycles. The van der Waals surface area contributed by atoms with Crippen LogP contribution in [0.1, 0.15) is 11.7 Å². The molecule has 1 aromatic carbocycles. The topological polar surface area (TPSA) is 65.0 Å². The number of ether oxygens (including phenoxy) is 2. The number of benzene rings is 1. The van der Waals surface area contributed by atoms with Crippen molar-refractivity contribution in [1.82, 2.24) is 0 Å². The van der Waals surface area contributed by atoms with Gasteiger partial charge in [0.05, 0.1) is 0 Å². The maximum atomic E-state index is 14.5. The molecule has 0 saturated carbocycles. The smallest absolute Gasteiger partial charge is 0.351 e. The van der Waals surface area contributed by atoms with E-state index < -0.39 is 26.0 Å². The second kappa shape index (κ2) is 8.41. The predicted molar refractivity (Wildman–Crippen MR) is 77.9 cm³/mol. The van der Waals surface area contributed by atoms with Gasteiger partial charge < -0.3 is 18.9 Å². The molecule has 118 valence electrons. The van der Waals surface area contributed by atoms with Crippen molar-refractivity contribution in [3.63, 3.8) is 0 Å². The summed E-state index contributed by atoms with van der Waals surface area (Å²) in [7, 11) is 0.00728. The van der Waals surface area contributed by atoms with Gasteiger partial charge in [-0.15, -0.1) is 0 Å². The third-order valence-electron chi connectivity index (χ3n) is 3.00. The van der Waals surface area contributed by atoms with Gasteiger partial charge >= 0.3 is 7.60 Å². The molecular weight excluding hydrogens is 298 g/mol.